The van der Waals surface area contributed by atoms with Gasteiger partial charge in [0, 0.05) is 30.6 Å². The lowest BCUT2D eigenvalue weighted by atomic mass is 10.1. The lowest BCUT2D eigenvalue weighted by molar-refractivity contribution is -0.384. The summed E-state index contributed by atoms with van der Waals surface area (Å²) >= 11 is 0. The van der Waals surface area contributed by atoms with E-state index in [-0.39, 0.29) is 5.69 Å². The van der Waals surface area contributed by atoms with Gasteiger partial charge >= 0.3 is 0 Å². The lowest BCUT2D eigenvalue weighted by Gasteiger charge is -2.30. The van der Waals surface area contributed by atoms with E-state index in [1.165, 1.54) is 12.1 Å². The Morgan fingerprint density at radius 2 is 2.00 bits per heavy atom. The fraction of sp³-hybridized carbons (Fsp3) is 0.250. The van der Waals surface area contributed by atoms with Crippen molar-refractivity contribution >= 4 is 50.1 Å². The highest BCUT2D eigenvalue weighted by Gasteiger charge is 2.19. The molecule has 11 heteroatoms. The SMILES string of the molecule is CS(=O)(=O)Nc1cc2c(/C=C/c3cccc([N+](=O)[O-])c3)n[nH]c2cc1N1CCOCC1. The normalized spacial score (nSPS) is 14.9. The maximum atomic E-state index is 11.9. The van der Waals surface area contributed by atoms with E-state index in [1.54, 1.807) is 30.4 Å². The number of hydrogen-bond acceptors (Lipinski definition) is 7. The highest BCUT2D eigenvalue weighted by atomic mass is 32.2. The van der Waals surface area contributed by atoms with Crippen LogP contribution in [-0.2, 0) is 14.8 Å². The second-order valence-corrected chi connectivity index (χ2v) is 8.93. The standard InChI is InChI=1S/C20H21N5O5S/c1-31(28,29)23-19-12-16-17(6-5-14-3-2-4-15(11-14)25(26)27)21-22-18(16)13-20(19)24-7-9-30-10-8-24/h2-6,11-13,23H,7-10H2,1H3,(H,21,22)/b6-5+. The van der Waals surface area contributed by atoms with Crippen LogP contribution >= 0.6 is 0 Å². The number of nitro groups is 1. The monoisotopic (exact) mass is 443 g/mol. The van der Waals surface area contributed by atoms with Gasteiger partial charge in [0.1, 0.15) is 0 Å². The number of rotatable bonds is 6. The third-order valence-electron chi connectivity index (χ3n) is 4.87. The molecule has 0 bridgehead atoms. The second-order valence-electron chi connectivity index (χ2n) is 7.18. The predicted molar refractivity (Wildman–Crippen MR) is 120 cm³/mol. The van der Waals surface area contributed by atoms with E-state index in [9.17, 15) is 18.5 Å². The van der Waals surface area contributed by atoms with E-state index in [4.69, 9.17) is 4.74 Å². The molecular formula is C20H21N5O5S. The van der Waals surface area contributed by atoms with E-state index in [2.05, 4.69) is 19.8 Å². The zero-order valence-electron chi connectivity index (χ0n) is 16.7. The van der Waals surface area contributed by atoms with Crippen molar-refractivity contribution < 1.29 is 18.1 Å². The van der Waals surface area contributed by atoms with Crippen molar-refractivity contribution in [3.05, 3.63) is 57.8 Å². The third-order valence-corrected chi connectivity index (χ3v) is 5.46. The number of sulfonamides is 1. The van der Waals surface area contributed by atoms with Crippen molar-refractivity contribution in [3.8, 4) is 0 Å². The van der Waals surface area contributed by atoms with Crippen LogP contribution in [0.15, 0.2) is 36.4 Å². The molecule has 3 aromatic rings. The number of ether oxygens (including phenoxy) is 1. The van der Waals surface area contributed by atoms with Crippen LogP contribution in [0, 0.1) is 10.1 Å². The van der Waals surface area contributed by atoms with Gasteiger partial charge in [0.05, 0.1) is 47.0 Å². The summed E-state index contributed by atoms with van der Waals surface area (Å²) in [6, 6.07) is 9.88. The summed E-state index contributed by atoms with van der Waals surface area (Å²) < 4.78 is 31.9. The Morgan fingerprint density at radius 1 is 1.23 bits per heavy atom. The molecule has 4 rings (SSSR count). The maximum absolute atomic E-state index is 11.9. The number of aromatic amines is 1. The number of anilines is 2. The van der Waals surface area contributed by atoms with Gasteiger partial charge in [-0.25, -0.2) is 8.42 Å². The number of aromatic nitrogens is 2. The first-order valence-electron chi connectivity index (χ1n) is 9.55. The fourth-order valence-corrected chi connectivity index (χ4v) is 4.03. The Kier molecular flexibility index (Phi) is 5.61. The molecule has 2 aromatic carbocycles. The minimum atomic E-state index is -3.49. The van der Waals surface area contributed by atoms with Crippen molar-refractivity contribution in [2.75, 3.05) is 42.2 Å². The van der Waals surface area contributed by atoms with Gasteiger partial charge in [0.2, 0.25) is 10.0 Å². The molecule has 10 nitrogen and oxygen atoms in total. The Morgan fingerprint density at radius 3 is 2.71 bits per heavy atom. The number of H-pyrrole nitrogens is 1. The summed E-state index contributed by atoms with van der Waals surface area (Å²) in [6.45, 7) is 2.43. The van der Waals surface area contributed by atoms with E-state index in [0.29, 0.717) is 43.2 Å². The van der Waals surface area contributed by atoms with Crippen LogP contribution in [-0.4, -0.2) is 56.1 Å². The topological polar surface area (TPSA) is 130 Å². The first kappa shape index (κ1) is 20.8. The Bertz CT molecular complexity index is 1260. The molecule has 0 radical (unpaired) electrons. The molecule has 1 aliphatic rings. The van der Waals surface area contributed by atoms with Gasteiger partial charge < -0.3 is 9.64 Å². The minimum absolute atomic E-state index is 0.00354. The lowest BCUT2D eigenvalue weighted by Crippen LogP contribution is -2.36. The molecule has 2 N–H and O–H groups in total. The van der Waals surface area contributed by atoms with Crippen LogP contribution in [0.5, 0.6) is 0 Å². The molecular weight excluding hydrogens is 422 g/mol. The first-order valence-corrected chi connectivity index (χ1v) is 11.4. The number of fused-ring (bicyclic) bond motifs is 1. The van der Waals surface area contributed by atoms with Gasteiger partial charge in [0.15, 0.2) is 0 Å². The Hall–Kier alpha value is -3.44. The third kappa shape index (κ3) is 4.84. The fourth-order valence-electron chi connectivity index (χ4n) is 3.46. The molecule has 1 aromatic heterocycles. The largest absolute Gasteiger partial charge is 0.378 e. The second kappa shape index (κ2) is 8.36. The highest BCUT2D eigenvalue weighted by Crippen LogP contribution is 2.33. The smallest absolute Gasteiger partial charge is 0.270 e. The predicted octanol–water partition coefficient (Wildman–Crippen LogP) is 2.85. The van der Waals surface area contributed by atoms with Gasteiger partial charge in [-0.1, -0.05) is 18.2 Å². The maximum Gasteiger partial charge on any atom is 0.270 e. The number of nitrogens with zero attached hydrogens (tertiary/aromatic N) is 3. The Balaban J connectivity index is 1.73. The van der Waals surface area contributed by atoms with Crippen molar-refractivity contribution in [1.82, 2.24) is 10.2 Å². The number of benzene rings is 2. The zero-order chi connectivity index (χ0) is 22.0. The number of nitro benzene ring substituents is 1. The summed E-state index contributed by atoms with van der Waals surface area (Å²) in [5.74, 6) is 0. The number of morpholine rings is 1. The summed E-state index contributed by atoms with van der Waals surface area (Å²) in [4.78, 5) is 12.6. The van der Waals surface area contributed by atoms with Crippen LogP contribution < -0.4 is 9.62 Å². The molecule has 162 valence electrons. The quantitative estimate of drug-likeness (QED) is 0.442. The summed E-state index contributed by atoms with van der Waals surface area (Å²) in [5, 5.41) is 19.0. The van der Waals surface area contributed by atoms with Gasteiger partial charge in [-0.3, -0.25) is 19.9 Å². The first-order chi connectivity index (χ1) is 14.8. The van der Waals surface area contributed by atoms with E-state index in [1.807, 2.05) is 6.07 Å². The van der Waals surface area contributed by atoms with Gasteiger partial charge in [-0.05, 0) is 23.8 Å². The molecule has 1 fully saturated rings. The van der Waals surface area contributed by atoms with E-state index >= 15 is 0 Å². The van der Waals surface area contributed by atoms with Crippen molar-refractivity contribution in [2.45, 2.75) is 0 Å². The molecule has 0 amide bonds. The van der Waals surface area contributed by atoms with Crippen molar-refractivity contribution in [2.24, 2.45) is 0 Å². The molecule has 0 spiro atoms. The number of non-ortho nitro benzene ring substituents is 1. The summed E-state index contributed by atoms with van der Waals surface area (Å²) in [7, 11) is -3.49. The van der Waals surface area contributed by atoms with Crippen LogP contribution in [0.2, 0.25) is 0 Å². The van der Waals surface area contributed by atoms with Crippen LogP contribution in [0.1, 0.15) is 11.3 Å². The summed E-state index contributed by atoms with van der Waals surface area (Å²) in [5.41, 5.74) is 3.21. The molecule has 1 saturated heterocycles. The average molecular weight is 443 g/mol. The molecule has 0 aliphatic carbocycles. The summed E-state index contributed by atoms with van der Waals surface area (Å²) in [6.07, 6.45) is 4.57. The molecule has 0 unspecified atom stereocenters. The molecule has 0 atom stereocenters. The number of nitrogens with one attached hydrogen (secondary N) is 2. The van der Waals surface area contributed by atoms with Crippen molar-refractivity contribution in [3.63, 3.8) is 0 Å². The van der Waals surface area contributed by atoms with Crippen LogP contribution in [0.3, 0.4) is 0 Å². The highest BCUT2D eigenvalue weighted by molar-refractivity contribution is 7.92. The minimum Gasteiger partial charge on any atom is -0.378 e. The number of hydrogen-bond donors (Lipinski definition) is 2. The zero-order valence-corrected chi connectivity index (χ0v) is 17.6. The molecule has 1 aliphatic heterocycles. The molecule has 0 saturated carbocycles. The van der Waals surface area contributed by atoms with Crippen LogP contribution in [0.25, 0.3) is 23.1 Å². The Labute approximate surface area is 178 Å². The average Bonchev–Trinajstić information content (AvgIpc) is 3.13. The van der Waals surface area contributed by atoms with Crippen LogP contribution in [0.4, 0.5) is 17.1 Å². The molecule has 31 heavy (non-hydrogen) atoms. The molecule has 2 heterocycles. The van der Waals surface area contributed by atoms with E-state index in [0.717, 1.165) is 22.8 Å². The van der Waals surface area contributed by atoms with Gasteiger partial charge in [0.25, 0.3) is 5.69 Å². The van der Waals surface area contributed by atoms with E-state index < -0.39 is 14.9 Å². The van der Waals surface area contributed by atoms with Gasteiger partial charge in [-0.2, -0.15) is 5.10 Å². The van der Waals surface area contributed by atoms with Gasteiger partial charge in [-0.15, -0.1) is 0 Å². The van der Waals surface area contributed by atoms with Crippen molar-refractivity contribution in [1.29, 1.82) is 0 Å².